The van der Waals surface area contributed by atoms with E-state index in [4.69, 9.17) is 9.98 Å². The molecule has 1 N–H and O–H groups in total. The highest BCUT2D eigenvalue weighted by Gasteiger charge is 2.30. The summed E-state index contributed by atoms with van der Waals surface area (Å²) in [6.45, 7) is 7.88. The average Bonchev–Trinajstić information content (AvgIpc) is 3.54. The number of aliphatic imine (C=N–C) groups is 2. The van der Waals surface area contributed by atoms with Crippen molar-refractivity contribution in [3.05, 3.63) is 64.5 Å². The van der Waals surface area contributed by atoms with Crippen LogP contribution in [0.2, 0.25) is 0 Å². The van der Waals surface area contributed by atoms with Crippen molar-refractivity contribution in [2.45, 2.75) is 33.1 Å². The van der Waals surface area contributed by atoms with E-state index in [-0.39, 0.29) is 0 Å². The van der Waals surface area contributed by atoms with Gasteiger partial charge in [-0.3, -0.25) is 15.0 Å². The Morgan fingerprint density at radius 1 is 0.871 bits per heavy atom. The third kappa shape index (κ3) is 3.81. The van der Waals surface area contributed by atoms with Crippen molar-refractivity contribution in [3.63, 3.8) is 0 Å². The second-order valence-electron chi connectivity index (χ2n) is 7.97. The minimum absolute atomic E-state index is 0.809. The molecular weight excluding hydrogens is 402 g/mol. The molecule has 160 valence electrons. The van der Waals surface area contributed by atoms with E-state index in [0.29, 0.717) is 0 Å². The summed E-state index contributed by atoms with van der Waals surface area (Å²) in [5, 5.41) is 12.0. The first-order chi connectivity index (χ1) is 15.3. The summed E-state index contributed by atoms with van der Waals surface area (Å²) in [6, 6.07) is 15.2. The molecule has 6 heteroatoms. The molecule has 0 atom stereocenters. The van der Waals surface area contributed by atoms with Crippen molar-refractivity contribution in [2.24, 2.45) is 9.98 Å². The third-order valence-corrected chi connectivity index (χ3v) is 7.17. The van der Waals surface area contributed by atoms with E-state index in [9.17, 15) is 0 Å². The van der Waals surface area contributed by atoms with Crippen molar-refractivity contribution in [1.82, 2.24) is 10.0 Å². The molecule has 0 aliphatic carbocycles. The second-order valence-corrected chi connectivity index (χ2v) is 8.88. The van der Waals surface area contributed by atoms with Gasteiger partial charge in [-0.05, 0) is 46.4 Å². The molecule has 0 unspecified atom stereocenters. The number of para-hydroxylation sites is 1. The number of amidine groups is 1. The zero-order valence-corrected chi connectivity index (χ0v) is 19.1. The Morgan fingerprint density at radius 3 is 2.42 bits per heavy atom. The number of hydrogen-bond donors (Lipinski definition) is 1. The van der Waals surface area contributed by atoms with Crippen LogP contribution in [0.5, 0.6) is 0 Å². The van der Waals surface area contributed by atoms with Crippen LogP contribution in [-0.2, 0) is 19.3 Å². The van der Waals surface area contributed by atoms with Crippen LogP contribution in [0, 0.1) is 0 Å². The van der Waals surface area contributed by atoms with Gasteiger partial charge in [0.15, 0.2) is 0 Å². The molecule has 0 bridgehead atoms. The molecule has 3 heterocycles. The lowest BCUT2D eigenvalue weighted by Gasteiger charge is -2.33. The molecule has 0 spiro atoms. The Morgan fingerprint density at radius 2 is 1.61 bits per heavy atom. The quantitative estimate of drug-likeness (QED) is 0.598. The van der Waals surface area contributed by atoms with Gasteiger partial charge in [-0.2, -0.15) is 0 Å². The van der Waals surface area contributed by atoms with Gasteiger partial charge in [-0.15, -0.1) is 11.3 Å². The van der Waals surface area contributed by atoms with E-state index in [1.807, 2.05) is 11.3 Å². The lowest BCUT2D eigenvalue weighted by molar-refractivity contribution is 0.160. The third-order valence-electron chi connectivity index (χ3n) is 6.16. The number of nitrogens with one attached hydrogen (secondary N) is 1. The summed E-state index contributed by atoms with van der Waals surface area (Å²) in [5.41, 5.74) is 5.27. The predicted molar refractivity (Wildman–Crippen MR) is 132 cm³/mol. The maximum Gasteiger partial charge on any atom is 0.217 e. The minimum atomic E-state index is 0.809. The Hall–Kier alpha value is -2.86. The van der Waals surface area contributed by atoms with Gasteiger partial charge in [0.05, 0.1) is 26.2 Å². The fourth-order valence-electron chi connectivity index (χ4n) is 4.52. The number of aryl methyl sites for hydroxylation is 2. The standard InChI is InChI=1S/C25H29N5S/c1-3-18-8-7-9-19(4-2)24(18)28-25-27-13-15-30(25)29-14-12-26-23(29)16-20-17-31-22-11-6-5-10-21(20)22/h5-11,17H,3-4,12-16H2,1-2H3,(H,27,28). The summed E-state index contributed by atoms with van der Waals surface area (Å²) < 4.78 is 1.34. The number of nitrogens with zero attached hydrogens (tertiary/aromatic N) is 4. The molecule has 2 aliphatic heterocycles. The maximum atomic E-state index is 4.88. The lowest BCUT2D eigenvalue weighted by atomic mass is 10.0. The van der Waals surface area contributed by atoms with E-state index in [2.05, 4.69) is 77.0 Å². The van der Waals surface area contributed by atoms with Crippen LogP contribution in [0.4, 0.5) is 5.69 Å². The lowest BCUT2D eigenvalue weighted by Crippen LogP contribution is -2.49. The summed E-state index contributed by atoms with van der Waals surface area (Å²) in [7, 11) is 0. The van der Waals surface area contributed by atoms with Gasteiger partial charge in [0.2, 0.25) is 5.96 Å². The highest BCUT2D eigenvalue weighted by molar-refractivity contribution is 7.17. The van der Waals surface area contributed by atoms with E-state index in [1.54, 1.807) is 0 Å². The molecule has 0 fully saturated rings. The molecule has 0 saturated heterocycles. The van der Waals surface area contributed by atoms with E-state index in [1.165, 1.54) is 32.5 Å². The molecular formula is C25H29N5S. The number of anilines is 1. The average molecular weight is 432 g/mol. The zero-order chi connectivity index (χ0) is 21.2. The van der Waals surface area contributed by atoms with Crippen LogP contribution in [0.15, 0.2) is 57.8 Å². The van der Waals surface area contributed by atoms with Gasteiger partial charge < -0.3 is 5.32 Å². The number of rotatable bonds is 6. The number of fused-ring (bicyclic) bond motifs is 1. The molecule has 31 heavy (non-hydrogen) atoms. The van der Waals surface area contributed by atoms with Gasteiger partial charge in [0.25, 0.3) is 0 Å². The molecule has 2 aromatic carbocycles. The highest BCUT2D eigenvalue weighted by Crippen LogP contribution is 2.28. The molecule has 0 radical (unpaired) electrons. The van der Waals surface area contributed by atoms with Gasteiger partial charge in [0, 0.05) is 16.8 Å². The van der Waals surface area contributed by atoms with Crippen molar-refractivity contribution in [2.75, 3.05) is 31.5 Å². The van der Waals surface area contributed by atoms with Crippen molar-refractivity contribution in [3.8, 4) is 0 Å². The smallest absolute Gasteiger partial charge is 0.217 e. The monoisotopic (exact) mass is 431 g/mol. The van der Waals surface area contributed by atoms with E-state index in [0.717, 1.165) is 57.2 Å². The highest BCUT2D eigenvalue weighted by atomic mass is 32.1. The molecule has 3 aromatic rings. The largest absolute Gasteiger partial charge is 0.324 e. The molecule has 2 aliphatic rings. The van der Waals surface area contributed by atoms with Crippen LogP contribution in [0.1, 0.15) is 30.5 Å². The molecule has 5 nitrogen and oxygen atoms in total. The SMILES string of the molecule is CCc1cccc(CC)c1NC1=NCCN1N1CCN=C1Cc1csc2ccccc12. The Kier molecular flexibility index (Phi) is 5.64. The van der Waals surface area contributed by atoms with Crippen LogP contribution in [0.3, 0.4) is 0 Å². The van der Waals surface area contributed by atoms with Crippen molar-refractivity contribution >= 4 is 38.9 Å². The predicted octanol–water partition coefficient (Wildman–Crippen LogP) is 4.98. The Labute approximate surface area is 188 Å². The van der Waals surface area contributed by atoms with Crippen LogP contribution in [-0.4, -0.2) is 48.0 Å². The van der Waals surface area contributed by atoms with Gasteiger partial charge in [-0.25, -0.2) is 4.99 Å². The number of hydrogen-bond acceptors (Lipinski definition) is 6. The molecule has 0 saturated carbocycles. The maximum absolute atomic E-state index is 4.88. The van der Waals surface area contributed by atoms with E-state index >= 15 is 0 Å². The fraction of sp³-hybridized carbons (Fsp3) is 0.360. The van der Waals surface area contributed by atoms with Gasteiger partial charge >= 0.3 is 0 Å². The zero-order valence-electron chi connectivity index (χ0n) is 18.3. The first kappa shape index (κ1) is 20.1. The summed E-state index contributed by atoms with van der Waals surface area (Å²) in [5.74, 6) is 2.08. The topological polar surface area (TPSA) is 43.2 Å². The normalized spacial score (nSPS) is 16.2. The molecule has 5 rings (SSSR count). The second kappa shape index (κ2) is 8.71. The first-order valence-corrected chi connectivity index (χ1v) is 12.1. The summed E-state index contributed by atoms with van der Waals surface area (Å²) >= 11 is 1.82. The number of guanidine groups is 1. The summed E-state index contributed by atoms with van der Waals surface area (Å²) in [6.07, 6.45) is 2.87. The minimum Gasteiger partial charge on any atom is -0.324 e. The van der Waals surface area contributed by atoms with Gasteiger partial charge in [0.1, 0.15) is 5.84 Å². The van der Waals surface area contributed by atoms with Crippen LogP contribution < -0.4 is 5.32 Å². The number of thiophene rings is 1. The Bertz CT molecular complexity index is 1120. The van der Waals surface area contributed by atoms with Crippen LogP contribution >= 0.6 is 11.3 Å². The number of benzene rings is 2. The van der Waals surface area contributed by atoms with Gasteiger partial charge in [-0.1, -0.05) is 50.2 Å². The summed E-state index contributed by atoms with van der Waals surface area (Å²) in [4.78, 5) is 9.70. The molecule has 0 amide bonds. The number of hydrazine groups is 1. The van der Waals surface area contributed by atoms with Crippen molar-refractivity contribution in [1.29, 1.82) is 0 Å². The van der Waals surface area contributed by atoms with Crippen molar-refractivity contribution < 1.29 is 0 Å². The van der Waals surface area contributed by atoms with Crippen LogP contribution in [0.25, 0.3) is 10.1 Å². The molecule has 1 aromatic heterocycles. The fourth-order valence-corrected chi connectivity index (χ4v) is 5.49. The van der Waals surface area contributed by atoms with E-state index < -0.39 is 0 Å². The first-order valence-electron chi connectivity index (χ1n) is 11.2. The Balaban J connectivity index is 1.38.